The maximum atomic E-state index is 12.5. The highest BCUT2D eigenvalue weighted by molar-refractivity contribution is 5.81. The van der Waals surface area contributed by atoms with E-state index in [4.69, 9.17) is 9.47 Å². The van der Waals surface area contributed by atoms with Crippen LogP contribution in [-0.2, 0) is 22.6 Å². The van der Waals surface area contributed by atoms with Crippen LogP contribution in [0.15, 0.2) is 48.8 Å². The van der Waals surface area contributed by atoms with E-state index in [1.165, 1.54) is 5.56 Å². The molecule has 2 saturated heterocycles. The molecule has 0 radical (unpaired) electrons. The van der Waals surface area contributed by atoms with Gasteiger partial charge in [-0.2, -0.15) is 0 Å². The van der Waals surface area contributed by atoms with Crippen LogP contribution in [0.25, 0.3) is 0 Å². The molecule has 4 rings (SSSR count). The van der Waals surface area contributed by atoms with Crippen molar-refractivity contribution in [2.75, 3.05) is 19.7 Å². The molecular formula is C23H28N2O3. The van der Waals surface area contributed by atoms with E-state index in [0.29, 0.717) is 12.5 Å². The van der Waals surface area contributed by atoms with Crippen LogP contribution in [-0.4, -0.2) is 41.6 Å². The molecule has 2 aliphatic heterocycles. The first-order chi connectivity index (χ1) is 13.8. The van der Waals surface area contributed by atoms with Crippen molar-refractivity contribution < 1.29 is 14.3 Å². The number of likely N-dealkylation sites (tertiary alicyclic amines) is 1. The summed E-state index contributed by atoms with van der Waals surface area (Å²) in [5.74, 6) is 1.69. The second kappa shape index (κ2) is 9.20. The molecule has 2 aliphatic rings. The molecule has 28 heavy (non-hydrogen) atoms. The Morgan fingerprint density at radius 3 is 2.43 bits per heavy atom. The lowest BCUT2D eigenvalue weighted by molar-refractivity contribution is -0.142. The minimum absolute atomic E-state index is 0.182. The molecule has 0 N–H and O–H groups in total. The fourth-order valence-electron chi connectivity index (χ4n) is 4.04. The Hall–Kier alpha value is -2.40. The smallest absolute Gasteiger partial charge is 0.251 e. The van der Waals surface area contributed by atoms with Gasteiger partial charge in [0.15, 0.2) is 0 Å². The number of hydrogen-bond acceptors (Lipinski definition) is 4. The molecule has 3 heterocycles. The monoisotopic (exact) mass is 380 g/mol. The number of carbonyl (C=O) groups is 1. The minimum atomic E-state index is -0.182. The summed E-state index contributed by atoms with van der Waals surface area (Å²) in [4.78, 5) is 18.5. The minimum Gasteiger partial charge on any atom is -0.489 e. The van der Waals surface area contributed by atoms with Gasteiger partial charge in [-0.25, -0.2) is 0 Å². The number of pyridine rings is 1. The summed E-state index contributed by atoms with van der Waals surface area (Å²) in [6.07, 6.45) is 8.41. The number of aromatic nitrogens is 1. The van der Waals surface area contributed by atoms with Crippen molar-refractivity contribution in [2.45, 2.75) is 44.8 Å². The standard InChI is InChI=1S/C23H28N2O3/c26-23(22-2-1-15-27-22)25-13-9-19(10-14-25)16-18-3-5-20(6-4-18)17-28-21-7-11-24-12-8-21/h3-8,11-12,19,22H,1-2,9-10,13-17H2. The van der Waals surface area contributed by atoms with Crippen LogP contribution in [0, 0.1) is 5.92 Å². The number of carbonyl (C=O) groups excluding carboxylic acids is 1. The van der Waals surface area contributed by atoms with Crippen LogP contribution in [0.1, 0.15) is 36.8 Å². The summed E-state index contributed by atoms with van der Waals surface area (Å²) in [6.45, 7) is 3.02. The zero-order chi connectivity index (χ0) is 19.2. The van der Waals surface area contributed by atoms with Gasteiger partial charge >= 0.3 is 0 Å². The third-order valence-electron chi connectivity index (χ3n) is 5.73. The molecule has 0 saturated carbocycles. The maximum Gasteiger partial charge on any atom is 0.251 e. The molecule has 1 aromatic heterocycles. The molecule has 0 bridgehead atoms. The van der Waals surface area contributed by atoms with Crippen molar-refractivity contribution >= 4 is 5.91 Å². The molecule has 1 aromatic carbocycles. The van der Waals surface area contributed by atoms with Crippen molar-refractivity contribution in [1.82, 2.24) is 9.88 Å². The normalized spacial score (nSPS) is 20.3. The highest BCUT2D eigenvalue weighted by Gasteiger charge is 2.30. The largest absolute Gasteiger partial charge is 0.489 e. The van der Waals surface area contributed by atoms with Gasteiger partial charge in [0.25, 0.3) is 5.91 Å². The molecule has 0 spiro atoms. The summed E-state index contributed by atoms with van der Waals surface area (Å²) < 4.78 is 11.3. The van der Waals surface area contributed by atoms with Gasteiger partial charge in [0.1, 0.15) is 18.5 Å². The van der Waals surface area contributed by atoms with Gasteiger partial charge in [-0.3, -0.25) is 9.78 Å². The topological polar surface area (TPSA) is 51.7 Å². The summed E-state index contributed by atoms with van der Waals surface area (Å²) in [5, 5.41) is 0. The van der Waals surface area contributed by atoms with Crippen LogP contribution < -0.4 is 4.74 Å². The van der Waals surface area contributed by atoms with E-state index in [2.05, 4.69) is 29.2 Å². The molecular weight excluding hydrogens is 352 g/mol. The van der Waals surface area contributed by atoms with Crippen LogP contribution >= 0.6 is 0 Å². The Labute approximate surface area is 166 Å². The molecule has 1 atom stereocenters. The third kappa shape index (κ3) is 4.90. The van der Waals surface area contributed by atoms with E-state index >= 15 is 0 Å². The number of amides is 1. The van der Waals surface area contributed by atoms with E-state index < -0.39 is 0 Å². The SMILES string of the molecule is O=C(C1CCCO1)N1CCC(Cc2ccc(COc3ccncc3)cc2)CC1. The van der Waals surface area contributed by atoms with E-state index in [9.17, 15) is 4.79 Å². The lowest BCUT2D eigenvalue weighted by Crippen LogP contribution is -2.44. The molecule has 2 fully saturated rings. The Bertz CT molecular complexity index is 749. The zero-order valence-electron chi connectivity index (χ0n) is 16.3. The van der Waals surface area contributed by atoms with Crippen molar-refractivity contribution in [2.24, 2.45) is 5.92 Å². The van der Waals surface area contributed by atoms with Gasteiger partial charge < -0.3 is 14.4 Å². The highest BCUT2D eigenvalue weighted by atomic mass is 16.5. The third-order valence-corrected chi connectivity index (χ3v) is 5.73. The van der Waals surface area contributed by atoms with Crippen molar-refractivity contribution in [3.05, 3.63) is 59.9 Å². The average molecular weight is 380 g/mol. The van der Waals surface area contributed by atoms with Crippen LogP contribution in [0.3, 0.4) is 0 Å². The quantitative estimate of drug-likeness (QED) is 0.768. The van der Waals surface area contributed by atoms with Crippen molar-refractivity contribution in [3.63, 3.8) is 0 Å². The fraction of sp³-hybridized carbons (Fsp3) is 0.478. The maximum absolute atomic E-state index is 12.5. The molecule has 1 unspecified atom stereocenters. The zero-order valence-corrected chi connectivity index (χ0v) is 16.3. The summed E-state index contributed by atoms with van der Waals surface area (Å²) in [7, 11) is 0. The average Bonchev–Trinajstić information content (AvgIpc) is 3.29. The Morgan fingerprint density at radius 2 is 1.75 bits per heavy atom. The number of nitrogens with zero attached hydrogens (tertiary/aromatic N) is 2. The Morgan fingerprint density at radius 1 is 1.04 bits per heavy atom. The lowest BCUT2D eigenvalue weighted by Gasteiger charge is -2.33. The van der Waals surface area contributed by atoms with Gasteiger partial charge in [-0.1, -0.05) is 24.3 Å². The first-order valence-corrected chi connectivity index (χ1v) is 10.3. The number of ether oxygens (including phenoxy) is 2. The molecule has 148 valence electrons. The molecule has 5 heteroatoms. The van der Waals surface area contributed by atoms with Gasteiger partial charge in [-0.15, -0.1) is 0 Å². The van der Waals surface area contributed by atoms with Crippen LogP contribution in [0.2, 0.25) is 0 Å². The van der Waals surface area contributed by atoms with Crippen LogP contribution in [0.4, 0.5) is 0 Å². The van der Waals surface area contributed by atoms with E-state index in [0.717, 1.165) is 63.1 Å². The second-order valence-corrected chi connectivity index (χ2v) is 7.76. The second-order valence-electron chi connectivity index (χ2n) is 7.76. The number of benzene rings is 1. The number of rotatable bonds is 6. The number of hydrogen-bond donors (Lipinski definition) is 0. The predicted octanol–water partition coefficient (Wildman–Crippen LogP) is 3.62. The fourth-order valence-corrected chi connectivity index (χ4v) is 4.04. The van der Waals surface area contributed by atoms with Crippen molar-refractivity contribution in [1.29, 1.82) is 0 Å². The van der Waals surface area contributed by atoms with E-state index in [1.807, 2.05) is 17.0 Å². The van der Waals surface area contributed by atoms with Gasteiger partial charge in [0.05, 0.1) is 0 Å². The summed E-state index contributed by atoms with van der Waals surface area (Å²) in [5.41, 5.74) is 2.52. The Balaban J connectivity index is 1.22. The molecule has 2 aromatic rings. The van der Waals surface area contributed by atoms with Crippen molar-refractivity contribution in [3.8, 4) is 5.75 Å². The highest BCUT2D eigenvalue weighted by Crippen LogP contribution is 2.24. The summed E-state index contributed by atoms with van der Waals surface area (Å²) in [6, 6.07) is 12.4. The summed E-state index contributed by atoms with van der Waals surface area (Å²) >= 11 is 0. The number of piperidine rings is 1. The first kappa shape index (κ1) is 18.9. The van der Waals surface area contributed by atoms with Gasteiger partial charge in [0.2, 0.25) is 0 Å². The van der Waals surface area contributed by atoms with Gasteiger partial charge in [-0.05, 0) is 61.3 Å². The molecule has 1 amide bonds. The first-order valence-electron chi connectivity index (χ1n) is 10.3. The van der Waals surface area contributed by atoms with E-state index in [1.54, 1.807) is 12.4 Å². The van der Waals surface area contributed by atoms with Crippen LogP contribution in [0.5, 0.6) is 5.75 Å². The predicted molar refractivity (Wildman–Crippen MR) is 107 cm³/mol. The van der Waals surface area contributed by atoms with Gasteiger partial charge in [0, 0.05) is 32.1 Å². The van der Waals surface area contributed by atoms with E-state index in [-0.39, 0.29) is 12.0 Å². The Kier molecular flexibility index (Phi) is 6.22. The lowest BCUT2D eigenvalue weighted by atomic mass is 9.89. The molecule has 5 nitrogen and oxygen atoms in total. The molecule has 0 aliphatic carbocycles.